The lowest BCUT2D eigenvalue weighted by Gasteiger charge is -2.26. The zero-order chi connectivity index (χ0) is 13.2. The summed E-state index contributed by atoms with van der Waals surface area (Å²) in [5.41, 5.74) is 0. The van der Waals surface area contributed by atoms with Gasteiger partial charge < -0.3 is 5.32 Å². The van der Waals surface area contributed by atoms with Crippen molar-refractivity contribution in [3.05, 3.63) is 0 Å². The van der Waals surface area contributed by atoms with Crippen LogP contribution in [-0.4, -0.2) is 39.1 Å². The van der Waals surface area contributed by atoms with Crippen LogP contribution in [0.4, 0.5) is 0 Å². The lowest BCUT2D eigenvalue weighted by molar-refractivity contribution is 0.291. The van der Waals surface area contributed by atoms with Crippen molar-refractivity contribution in [3.63, 3.8) is 0 Å². The van der Waals surface area contributed by atoms with Gasteiger partial charge in [0.05, 0.1) is 8.80 Å². The third-order valence-corrected chi connectivity index (χ3v) is 6.00. The fourth-order valence-corrected chi connectivity index (χ4v) is 4.76. The first kappa shape index (κ1) is 16.2. The molecule has 1 unspecified atom stereocenters. The molecule has 1 saturated heterocycles. The van der Waals surface area contributed by atoms with Crippen LogP contribution < -0.4 is 5.32 Å². The van der Waals surface area contributed by atoms with Crippen molar-refractivity contribution in [2.45, 2.75) is 77.2 Å². The molecular formula is C15H34N2Si. The van der Waals surface area contributed by atoms with E-state index in [2.05, 4.69) is 30.2 Å². The molecule has 18 heavy (non-hydrogen) atoms. The maximum absolute atomic E-state index is 3.67. The van der Waals surface area contributed by atoms with Gasteiger partial charge in [-0.2, -0.15) is 0 Å². The van der Waals surface area contributed by atoms with Crippen LogP contribution in [0.5, 0.6) is 0 Å². The van der Waals surface area contributed by atoms with E-state index in [4.69, 9.17) is 0 Å². The Labute approximate surface area is 116 Å². The zero-order valence-electron chi connectivity index (χ0n) is 12.9. The van der Waals surface area contributed by atoms with E-state index in [1.54, 1.807) is 0 Å². The molecule has 1 aliphatic rings. The van der Waals surface area contributed by atoms with E-state index in [-0.39, 0.29) is 0 Å². The summed E-state index contributed by atoms with van der Waals surface area (Å²) in [5.74, 6) is 0.773. The van der Waals surface area contributed by atoms with Crippen molar-refractivity contribution in [1.82, 2.24) is 10.2 Å². The largest absolute Gasteiger partial charge is 0.304 e. The molecule has 0 radical (unpaired) electrons. The van der Waals surface area contributed by atoms with Gasteiger partial charge in [-0.05, 0) is 13.0 Å². The Kier molecular flexibility index (Phi) is 8.98. The molecule has 0 spiro atoms. The molecule has 2 nitrogen and oxygen atoms in total. The number of unbranched alkanes of at least 4 members (excludes halogenated alkanes) is 7. The molecule has 0 saturated carbocycles. The van der Waals surface area contributed by atoms with Gasteiger partial charge in [0.15, 0.2) is 0 Å². The Morgan fingerprint density at radius 1 is 1.00 bits per heavy atom. The topological polar surface area (TPSA) is 15.3 Å². The molecule has 108 valence electrons. The SMILES string of the molecule is CCCCCCCCCCN1CCNC1[SiH](C)C. The van der Waals surface area contributed by atoms with Gasteiger partial charge in [-0.1, -0.05) is 65.0 Å². The highest BCUT2D eigenvalue weighted by Gasteiger charge is 2.25. The van der Waals surface area contributed by atoms with Gasteiger partial charge >= 0.3 is 0 Å². The second-order valence-corrected chi connectivity index (χ2v) is 9.27. The van der Waals surface area contributed by atoms with E-state index < -0.39 is 8.80 Å². The van der Waals surface area contributed by atoms with Crippen LogP contribution in [-0.2, 0) is 0 Å². The van der Waals surface area contributed by atoms with Gasteiger partial charge in [-0.3, -0.25) is 4.90 Å². The molecule has 1 aliphatic heterocycles. The summed E-state index contributed by atoms with van der Waals surface area (Å²) < 4.78 is 0. The van der Waals surface area contributed by atoms with Gasteiger partial charge in [0, 0.05) is 18.9 Å². The second kappa shape index (κ2) is 9.99. The Morgan fingerprint density at radius 2 is 1.61 bits per heavy atom. The molecule has 1 fully saturated rings. The number of nitrogens with zero attached hydrogens (tertiary/aromatic N) is 1. The van der Waals surface area contributed by atoms with E-state index in [1.807, 2.05) is 0 Å². The van der Waals surface area contributed by atoms with E-state index in [0.29, 0.717) is 0 Å². The molecule has 0 aromatic heterocycles. The molecule has 0 amide bonds. The predicted octanol–water partition coefficient (Wildman–Crippen LogP) is 3.38. The zero-order valence-corrected chi connectivity index (χ0v) is 14.0. The highest BCUT2D eigenvalue weighted by Crippen LogP contribution is 2.11. The van der Waals surface area contributed by atoms with Crippen molar-refractivity contribution in [2.24, 2.45) is 0 Å². The number of nitrogens with one attached hydrogen (secondary N) is 1. The summed E-state index contributed by atoms with van der Waals surface area (Å²) in [6.45, 7) is 11.0. The highest BCUT2D eigenvalue weighted by atomic mass is 28.3. The van der Waals surface area contributed by atoms with Crippen molar-refractivity contribution in [3.8, 4) is 0 Å². The highest BCUT2D eigenvalue weighted by molar-refractivity contribution is 6.57. The van der Waals surface area contributed by atoms with Gasteiger partial charge in [-0.25, -0.2) is 0 Å². The van der Waals surface area contributed by atoms with E-state index >= 15 is 0 Å². The first-order valence-electron chi connectivity index (χ1n) is 8.23. The number of rotatable bonds is 10. The predicted molar refractivity (Wildman–Crippen MR) is 84.9 cm³/mol. The maximum atomic E-state index is 3.67. The first-order chi connectivity index (χ1) is 8.75. The van der Waals surface area contributed by atoms with Gasteiger partial charge in [0.2, 0.25) is 0 Å². The van der Waals surface area contributed by atoms with Crippen molar-refractivity contribution in [1.29, 1.82) is 0 Å². The molecule has 0 aromatic carbocycles. The van der Waals surface area contributed by atoms with Crippen LogP contribution in [0.2, 0.25) is 13.1 Å². The normalized spacial score (nSPS) is 21.0. The van der Waals surface area contributed by atoms with Crippen LogP contribution in [0.25, 0.3) is 0 Å². The van der Waals surface area contributed by atoms with Gasteiger partial charge in [0.1, 0.15) is 0 Å². The molecule has 1 heterocycles. The minimum Gasteiger partial charge on any atom is -0.304 e. The van der Waals surface area contributed by atoms with Crippen molar-refractivity contribution >= 4 is 8.80 Å². The molecule has 0 aromatic rings. The van der Waals surface area contributed by atoms with Gasteiger partial charge in [0.25, 0.3) is 0 Å². The summed E-state index contributed by atoms with van der Waals surface area (Å²) in [5, 5.41) is 3.67. The Morgan fingerprint density at radius 3 is 2.22 bits per heavy atom. The second-order valence-electron chi connectivity index (χ2n) is 6.15. The third-order valence-electron chi connectivity index (χ3n) is 4.08. The Bertz CT molecular complexity index is 197. The third kappa shape index (κ3) is 6.35. The number of hydrogen-bond acceptors (Lipinski definition) is 2. The molecule has 0 bridgehead atoms. The molecule has 1 rings (SSSR count). The van der Waals surface area contributed by atoms with Crippen LogP contribution in [0.1, 0.15) is 58.3 Å². The molecule has 0 aliphatic carbocycles. The monoisotopic (exact) mass is 270 g/mol. The van der Waals surface area contributed by atoms with Crippen LogP contribution in [0.3, 0.4) is 0 Å². The standard InChI is InChI=1S/C15H34N2Si/c1-4-5-6-7-8-9-10-11-13-17-14-12-16-15(17)18(2)3/h15-16,18H,4-14H2,1-3H3. The summed E-state index contributed by atoms with van der Waals surface area (Å²) in [6.07, 6.45) is 11.5. The minimum atomic E-state index is -0.544. The fourth-order valence-electron chi connectivity index (χ4n) is 2.98. The van der Waals surface area contributed by atoms with E-state index in [9.17, 15) is 0 Å². The molecule has 3 heteroatoms. The summed E-state index contributed by atoms with van der Waals surface area (Å²) in [7, 11) is -0.544. The molecule has 1 N–H and O–H groups in total. The Balaban J connectivity index is 1.94. The van der Waals surface area contributed by atoms with Crippen molar-refractivity contribution < 1.29 is 0 Å². The van der Waals surface area contributed by atoms with Crippen molar-refractivity contribution in [2.75, 3.05) is 19.6 Å². The molecular weight excluding hydrogens is 236 g/mol. The quantitative estimate of drug-likeness (QED) is 0.483. The maximum Gasteiger partial charge on any atom is 0.0689 e. The summed E-state index contributed by atoms with van der Waals surface area (Å²) in [4.78, 5) is 2.70. The number of hydrogen-bond donors (Lipinski definition) is 1. The minimum absolute atomic E-state index is 0.544. The average Bonchev–Trinajstić information content (AvgIpc) is 2.81. The van der Waals surface area contributed by atoms with E-state index in [0.717, 1.165) is 5.79 Å². The Hall–Kier alpha value is 0.137. The smallest absolute Gasteiger partial charge is 0.0689 e. The van der Waals surface area contributed by atoms with Crippen LogP contribution in [0, 0.1) is 0 Å². The average molecular weight is 271 g/mol. The lowest BCUT2D eigenvalue weighted by Crippen LogP contribution is -2.45. The van der Waals surface area contributed by atoms with Crippen LogP contribution >= 0.6 is 0 Å². The van der Waals surface area contributed by atoms with Gasteiger partial charge in [-0.15, -0.1) is 0 Å². The lowest BCUT2D eigenvalue weighted by atomic mass is 10.1. The first-order valence-corrected chi connectivity index (χ1v) is 11.2. The van der Waals surface area contributed by atoms with E-state index in [1.165, 1.54) is 71.0 Å². The summed E-state index contributed by atoms with van der Waals surface area (Å²) in [6, 6.07) is 0. The van der Waals surface area contributed by atoms with Crippen LogP contribution in [0.15, 0.2) is 0 Å². The summed E-state index contributed by atoms with van der Waals surface area (Å²) >= 11 is 0. The fraction of sp³-hybridized carbons (Fsp3) is 1.00. The molecule has 1 atom stereocenters.